The van der Waals surface area contributed by atoms with Crippen molar-refractivity contribution in [3.63, 3.8) is 0 Å². The van der Waals surface area contributed by atoms with Crippen LogP contribution < -0.4 is 5.32 Å². The maximum Gasteiger partial charge on any atom is 0.297 e. The minimum absolute atomic E-state index is 0.0231. The van der Waals surface area contributed by atoms with Gasteiger partial charge in [0.1, 0.15) is 0 Å². The Balaban J connectivity index is 1.82. The zero-order chi connectivity index (χ0) is 13.1. The van der Waals surface area contributed by atoms with Crippen molar-refractivity contribution in [2.24, 2.45) is 0 Å². The zero-order valence-electron chi connectivity index (χ0n) is 9.57. The van der Waals surface area contributed by atoms with E-state index in [2.05, 4.69) is 30.9 Å². The fourth-order valence-electron chi connectivity index (χ4n) is 1.55. The number of nitrogens with zero attached hydrogens (tertiary/aromatic N) is 4. The molecule has 3 aromatic rings. The van der Waals surface area contributed by atoms with Crippen molar-refractivity contribution < 1.29 is 9.21 Å². The lowest BCUT2D eigenvalue weighted by Gasteiger charge is -2.03. The van der Waals surface area contributed by atoms with E-state index >= 15 is 0 Å². The van der Waals surface area contributed by atoms with Gasteiger partial charge in [-0.2, -0.15) is 5.21 Å². The molecular weight excluding hydrogens is 248 g/mol. The predicted octanol–water partition coefficient (Wildman–Crippen LogP) is 1.11. The quantitative estimate of drug-likeness (QED) is 0.726. The summed E-state index contributed by atoms with van der Waals surface area (Å²) in [5, 5.41) is 15.4. The fourth-order valence-corrected chi connectivity index (χ4v) is 1.55. The summed E-state index contributed by atoms with van der Waals surface area (Å²) in [6, 6.07) is 7.16. The van der Waals surface area contributed by atoms with Crippen molar-refractivity contribution in [2.75, 3.05) is 5.32 Å². The van der Waals surface area contributed by atoms with Crippen LogP contribution in [0.4, 0.5) is 5.69 Å². The molecule has 94 valence electrons. The molecule has 1 amide bonds. The molecule has 0 atom stereocenters. The summed E-state index contributed by atoms with van der Waals surface area (Å²) in [6.45, 7) is 0. The molecule has 2 aromatic heterocycles. The van der Waals surface area contributed by atoms with E-state index < -0.39 is 5.91 Å². The maximum atomic E-state index is 11.7. The summed E-state index contributed by atoms with van der Waals surface area (Å²) in [7, 11) is 0. The molecule has 2 heterocycles. The third-order valence-electron chi connectivity index (χ3n) is 2.39. The lowest BCUT2D eigenvalue weighted by Crippen LogP contribution is -2.13. The molecule has 0 radical (unpaired) electrons. The van der Waals surface area contributed by atoms with Crippen LogP contribution >= 0.6 is 0 Å². The Morgan fingerprint density at radius 2 is 2.32 bits per heavy atom. The molecule has 0 aliphatic rings. The number of oxazole rings is 1. The van der Waals surface area contributed by atoms with Gasteiger partial charge < -0.3 is 9.73 Å². The Hall–Kier alpha value is -3.03. The second kappa shape index (κ2) is 4.69. The van der Waals surface area contributed by atoms with E-state index in [9.17, 15) is 4.79 Å². The fraction of sp³-hybridized carbons (Fsp3) is 0. The number of hydrogen-bond acceptors (Lipinski definition) is 6. The van der Waals surface area contributed by atoms with Crippen molar-refractivity contribution in [2.45, 2.75) is 0 Å². The van der Waals surface area contributed by atoms with Gasteiger partial charge >= 0.3 is 0 Å². The van der Waals surface area contributed by atoms with Gasteiger partial charge in [-0.05, 0) is 17.3 Å². The molecule has 0 fully saturated rings. The maximum absolute atomic E-state index is 11.7. The number of benzene rings is 1. The number of rotatable bonds is 3. The number of carbonyl (C=O) groups is 1. The van der Waals surface area contributed by atoms with Gasteiger partial charge in [-0.3, -0.25) is 4.79 Å². The van der Waals surface area contributed by atoms with Crippen LogP contribution in [0.15, 0.2) is 41.3 Å². The predicted molar refractivity (Wildman–Crippen MR) is 64.1 cm³/mol. The van der Waals surface area contributed by atoms with Crippen LogP contribution in [0.1, 0.15) is 10.6 Å². The van der Waals surface area contributed by atoms with Gasteiger partial charge in [-0.25, -0.2) is 4.98 Å². The number of tetrazole rings is 1. The van der Waals surface area contributed by atoms with Crippen molar-refractivity contribution in [3.05, 3.63) is 42.7 Å². The lowest BCUT2D eigenvalue weighted by molar-refractivity contribution is 0.101. The van der Waals surface area contributed by atoms with E-state index in [0.717, 1.165) is 5.56 Å². The highest BCUT2D eigenvalue weighted by Gasteiger charge is 2.11. The Bertz CT molecular complexity index is 677. The van der Waals surface area contributed by atoms with E-state index in [0.29, 0.717) is 11.4 Å². The first-order chi connectivity index (χ1) is 9.33. The Morgan fingerprint density at radius 3 is 3.05 bits per heavy atom. The van der Waals surface area contributed by atoms with Crippen LogP contribution in [0.3, 0.4) is 0 Å². The molecule has 2 N–H and O–H groups in total. The molecule has 3 rings (SSSR count). The van der Waals surface area contributed by atoms with E-state index in [1.165, 1.54) is 6.39 Å². The van der Waals surface area contributed by atoms with Crippen LogP contribution in [-0.2, 0) is 0 Å². The number of H-pyrrole nitrogens is 1. The monoisotopic (exact) mass is 256 g/mol. The van der Waals surface area contributed by atoms with Crippen LogP contribution in [0, 0.1) is 0 Å². The summed E-state index contributed by atoms with van der Waals surface area (Å²) in [6.07, 6.45) is 2.94. The van der Waals surface area contributed by atoms with E-state index in [4.69, 9.17) is 4.42 Å². The number of carbonyl (C=O) groups excluding carboxylic acids is 1. The van der Waals surface area contributed by atoms with Crippen LogP contribution in [0.2, 0.25) is 0 Å². The molecule has 8 heteroatoms. The smallest absolute Gasteiger partial charge is 0.297 e. The van der Waals surface area contributed by atoms with Gasteiger partial charge in [-0.1, -0.05) is 12.1 Å². The number of hydrogen-bond donors (Lipinski definition) is 2. The van der Waals surface area contributed by atoms with Crippen LogP contribution in [-0.4, -0.2) is 31.5 Å². The first-order valence-electron chi connectivity index (χ1n) is 5.36. The second-order valence-corrected chi connectivity index (χ2v) is 3.64. The van der Waals surface area contributed by atoms with E-state index in [-0.39, 0.29) is 5.82 Å². The molecule has 19 heavy (non-hydrogen) atoms. The lowest BCUT2D eigenvalue weighted by atomic mass is 10.1. The highest BCUT2D eigenvalue weighted by atomic mass is 16.3. The first-order valence-corrected chi connectivity index (χ1v) is 5.36. The number of nitrogens with one attached hydrogen (secondary N) is 2. The van der Waals surface area contributed by atoms with Gasteiger partial charge in [0.25, 0.3) is 11.7 Å². The van der Waals surface area contributed by atoms with Gasteiger partial charge in [0.05, 0.1) is 6.20 Å². The summed E-state index contributed by atoms with van der Waals surface area (Å²) in [5.74, 6) is 0.157. The van der Waals surface area contributed by atoms with E-state index in [1.54, 1.807) is 24.4 Å². The van der Waals surface area contributed by atoms with Crippen molar-refractivity contribution in [1.29, 1.82) is 0 Å². The number of aromatic nitrogens is 5. The average molecular weight is 256 g/mol. The van der Waals surface area contributed by atoms with Gasteiger partial charge in [0, 0.05) is 11.3 Å². The number of amides is 1. The normalized spacial score (nSPS) is 10.3. The molecular formula is C11H8N6O2. The molecule has 1 aromatic carbocycles. The minimum atomic E-state index is -0.441. The van der Waals surface area contributed by atoms with Crippen LogP contribution in [0.5, 0.6) is 0 Å². The largest absolute Gasteiger partial charge is 0.444 e. The molecule has 0 unspecified atom stereocenters. The summed E-state index contributed by atoms with van der Waals surface area (Å²) in [4.78, 5) is 15.6. The highest BCUT2D eigenvalue weighted by Crippen LogP contribution is 2.22. The van der Waals surface area contributed by atoms with Gasteiger partial charge in [0.2, 0.25) is 0 Å². The van der Waals surface area contributed by atoms with Crippen LogP contribution in [0.25, 0.3) is 11.3 Å². The number of aromatic amines is 1. The molecule has 0 saturated carbocycles. The SMILES string of the molecule is O=C(Nc1cccc(-c2cnco2)c1)c1nn[nH]n1. The Morgan fingerprint density at radius 1 is 1.37 bits per heavy atom. The molecule has 0 bridgehead atoms. The number of anilines is 1. The molecule has 0 spiro atoms. The third kappa shape index (κ3) is 2.32. The second-order valence-electron chi connectivity index (χ2n) is 3.64. The Kier molecular flexibility index (Phi) is 2.73. The summed E-state index contributed by atoms with van der Waals surface area (Å²) < 4.78 is 5.19. The van der Waals surface area contributed by atoms with Crippen molar-refractivity contribution >= 4 is 11.6 Å². The minimum Gasteiger partial charge on any atom is -0.444 e. The van der Waals surface area contributed by atoms with Crippen molar-refractivity contribution in [3.8, 4) is 11.3 Å². The van der Waals surface area contributed by atoms with Gasteiger partial charge in [-0.15, -0.1) is 10.2 Å². The topological polar surface area (TPSA) is 110 Å². The standard InChI is InChI=1S/C11H8N6O2/c18-11(10-14-16-17-15-10)13-8-3-1-2-7(4-8)9-5-12-6-19-9/h1-6H,(H,13,18)(H,14,15,16,17). The molecule has 0 aliphatic carbocycles. The van der Waals surface area contributed by atoms with Gasteiger partial charge in [0.15, 0.2) is 12.2 Å². The first kappa shape index (κ1) is 11.1. The zero-order valence-corrected chi connectivity index (χ0v) is 9.57. The summed E-state index contributed by atoms with van der Waals surface area (Å²) >= 11 is 0. The van der Waals surface area contributed by atoms with Crippen molar-refractivity contribution in [1.82, 2.24) is 25.6 Å². The molecule has 0 saturated heterocycles. The highest BCUT2D eigenvalue weighted by molar-refractivity contribution is 6.01. The Labute approximate surface area is 106 Å². The third-order valence-corrected chi connectivity index (χ3v) is 2.39. The molecule has 0 aliphatic heterocycles. The molecule has 8 nitrogen and oxygen atoms in total. The average Bonchev–Trinajstić information content (AvgIpc) is 3.13. The van der Waals surface area contributed by atoms with E-state index in [1.807, 2.05) is 6.07 Å². The summed E-state index contributed by atoms with van der Waals surface area (Å²) in [5.41, 5.74) is 1.41.